The number of benzene rings is 1. The zero-order valence-electron chi connectivity index (χ0n) is 20.2. The molecule has 0 amide bonds. The van der Waals surface area contributed by atoms with Crippen LogP contribution in [-0.2, 0) is 6.42 Å². The number of piperidine rings is 1. The van der Waals surface area contributed by atoms with E-state index in [2.05, 4.69) is 9.88 Å². The Balaban J connectivity index is 1.24. The summed E-state index contributed by atoms with van der Waals surface area (Å²) in [6.07, 6.45) is 12.6. The molecule has 2 aromatic rings. The highest BCUT2D eigenvalue weighted by Crippen LogP contribution is 2.64. The maximum atomic E-state index is 14.4. The summed E-state index contributed by atoms with van der Waals surface area (Å²) < 4.78 is 14.4. The van der Waals surface area contributed by atoms with E-state index in [4.69, 9.17) is 0 Å². The van der Waals surface area contributed by atoms with E-state index in [0.29, 0.717) is 29.9 Å². The summed E-state index contributed by atoms with van der Waals surface area (Å²) in [5, 5.41) is 0. The molecule has 5 rings (SSSR count). The van der Waals surface area contributed by atoms with E-state index in [1.165, 1.54) is 25.7 Å². The van der Waals surface area contributed by atoms with E-state index in [1.54, 1.807) is 25.4 Å². The molecule has 2 aliphatic carbocycles. The standard InChI is InChI=1S/C29H35FN2O2/c1-28(30)20-29(28)12-15-32(16-13-29)25-19-31-14-11-24(25)27(34)18-22-7-4-8-23(17-22)26(33)10-9-21-5-2-3-6-21/h4,7-8,11,14,17,19,21H,2-3,5-6,9-10,12-13,15-16,18,20H2,1H3. The molecule has 180 valence electrons. The number of nitrogens with zero attached hydrogens (tertiary/aromatic N) is 2. The molecule has 1 aromatic heterocycles. The van der Waals surface area contributed by atoms with Crippen molar-refractivity contribution in [3.63, 3.8) is 0 Å². The van der Waals surface area contributed by atoms with Gasteiger partial charge in [-0.1, -0.05) is 43.9 Å². The molecule has 3 aliphatic rings. The maximum absolute atomic E-state index is 14.4. The highest BCUT2D eigenvalue weighted by atomic mass is 19.1. The SMILES string of the molecule is CC1(F)CC12CCN(c1cnccc1C(=O)Cc1cccc(C(=O)CCC3CCCC3)c1)CC2. The van der Waals surface area contributed by atoms with Crippen LogP contribution < -0.4 is 4.90 Å². The van der Waals surface area contributed by atoms with Crippen LogP contribution in [0.3, 0.4) is 0 Å². The fraction of sp³-hybridized carbons (Fsp3) is 0.552. The van der Waals surface area contributed by atoms with Crippen LogP contribution in [0.1, 0.15) is 91.0 Å². The van der Waals surface area contributed by atoms with E-state index >= 15 is 0 Å². The molecular weight excluding hydrogens is 427 g/mol. The van der Waals surface area contributed by atoms with Crippen molar-refractivity contribution in [2.45, 2.75) is 76.8 Å². The Labute approximate surface area is 202 Å². The van der Waals surface area contributed by atoms with Gasteiger partial charge in [-0.25, -0.2) is 4.39 Å². The fourth-order valence-electron chi connectivity index (χ4n) is 6.25. The lowest BCUT2D eigenvalue weighted by atomic mass is 9.89. The van der Waals surface area contributed by atoms with Crippen molar-refractivity contribution >= 4 is 17.3 Å². The van der Waals surface area contributed by atoms with Gasteiger partial charge in [0, 0.05) is 48.7 Å². The molecule has 34 heavy (non-hydrogen) atoms. The van der Waals surface area contributed by atoms with Gasteiger partial charge >= 0.3 is 0 Å². The van der Waals surface area contributed by atoms with Crippen molar-refractivity contribution < 1.29 is 14.0 Å². The van der Waals surface area contributed by atoms with Crippen LogP contribution in [0.2, 0.25) is 0 Å². The number of anilines is 1. The number of Topliss-reactive ketones (excluding diaryl/α,β-unsaturated/α-hetero) is 2. The van der Waals surface area contributed by atoms with Crippen molar-refractivity contribution in [1.29, 1.82) is 0 Å². The molecule has 1 atom stereocenters. The summed E-state index contributed by atoms with van der Waals surface area (Å²) in [6, 6.07) is 9.34. The Kier molecular flexibility index (Phi) is 6.30. The Bertz CT molecular complexity index is 1070. The molecule has 3 fully saturated rings. The molecule has 1 aliphatic heterocycles. The summed E-state index contributed by atoms with van der Waals surface area (Å²) in [4.78, 5) is 32.5. The average Bonchev–Trinajstić information content (AvgIpc) is 3.17. The summed E-state index contributed by atoms with van der Waals surface area (Å²) in [5.41, 5.74) is 1.86. The first kappa shape index (κ1) is 23.2. The molecule has 0 radical (unpaired) electrons. The van der Waals surface area contributed by atoms with Crippen LogP contribution in [0.4, 0.5) is 10.1 Å². The third-order valence-corrected chi connectivity index (χ3v) is 8.68. The first-order valence-electron chi connectivity index (χ1n) is 12.9. The lowest BCUT2D eigenvalue weighted by Gasteiger charge is -2.35. The number of carbonyl (C=O) groups is 2. The Hall–Kier alpha value is -2.56. The van der Waals surface area contributed by atoms with Gasteiger partial charge in [-0.2, -0.15) is 0 Å². The number of alkyl halides is 1. The predicted octanol–water partition coefficient (Wildman–Crippen LogP) is 6.38. The molecule has 2 saturated carbocycles. The fourth-order valence-corrected chi connectivity index (χ4v) is 6.25. The van der Waals surface area contributed by atoms with Crippen molar-refractivity contribution in [1.82, 2.24) is 4.98 Å². The highest BCUT2D eigenvalue weighted by molar-refractivity contribution is 6.03. The smallest absolute Gasteiger partial charge is 0.169 e. The summed E-state index contributed by atoms with van der Waals surface area (Å²) in [5.74, 6) is 0.894. The monoisotopic (exact) mass is 462 g/mol. The molecule has 5 heteroatoms. The quantitative estimate of drug-likeness (QED) is 0.427. The van der Waals surface area contributed by atoms with Crippen molar-refractivity contribution in [2.24, 2.45) is 11.3 Å². The second-order valence-corrected chi connectivity index (χ2v) is 10.9. The van der Waals surface area contributed by atoms with Gasteiger partial charge in [0.15, 0.2) is 11.6 Å². The van der Waals surface area contributed by atoms with Gasteiger partial charge in [-0.3, -0.25) is 14.6 Å². The predicted molar refractivity (Wildman–Crippen MR) is 132 cm³/mol. The second-order valence-electron chi connectivity index (χ2n) is 10.9. The lowest BCUT2D eigenvalue weighted by Crippen LogP contribution is -2.37. The number of hydrogen-bond donors (Lipinski definition) is 0. The van der Waals surface area contributed by atoms with E-state index < -0.39 is 5.67 Å². The molecule has 2 heterocycles. The van der Waals surface area contributed by atoms with Crippen molar-refractivity contribution in [3.8, 4) is 0 Å². The summed E-state index contributed by atoms with van der Waals surface area (Å²) in [7, 11) is 0. The summed E-state index contributed by atoms with van der Waals surface area (Å²) in [6.45, 7) is 3.21. The normalized spacial score (nSPS) is 23.9. The molecule has 1 spiro atoms. The number of aromatic nitrogens is 1. The molecule has 4 nitrogen and oxygen atoms in total. The maximum Gasteiger partial charge on any atom is 0.169 e. The number of halogens is 1. The zero-order valence-corrected chi connectivity index (χ0v) is 20.2. The number of hydrogen-bond acceptors (Lipinski definition) is 4. The first-order valence-corrected chi connectivity index (χ1v) is 12.9. The van der Waals surface area contributed by atoms with Crippen LogP contribution in [-0.4, -0.2) is 35.3 Å². The average molecular weight is 463 g/mol. The van der Waals surface area contributed by atoms with E-state index in [-0.39, 0.29) is 23.4 Å². The first-order chi connectivity index (χ1) is 16.4. The minimum atomic E-state index is -1.04. The number of carbonyl (C=O) groups excluding carboxylic acids is 2. The third kappa shape index (κ3) is 4.67. The van der Waals surface area contributed by atoms with E-state index in [0.717, 1.165) is 43.6 Å². The van der Waals surface area contributed by atoms with Crippen LogP contribution in [0.25, 0.3) is 0 Å². The molecule has 0 bridgehead atoms. The van der Waals surface area contributed by atoms with Crippen molar-refractivity contribution in [3.05, 3.63) is 59.4 Å². The van der Waals surface area contributed by atoms with Gasteiger partial charge in [-0.15, -0.1) is 0 Å². The van der Waals surface area contributed by atoms with Gasteiger partial charge in [0.05, 0.1) is 11.9 Å². The number of ketones is 2. The van der Waals surface area contributed by atoms with Gasteiger partial charge in [0.2, 0.25) is 0 Å². The Morgan fingerprint density at radius 1 is 1.12 bits per heavy atom. The van der Waals surface area contributed by atoms with Gasteiger partial charge < -0.3 is 4.90 Å². The van der Waals surface area contributed by atoms with Crippen LogP contribution in [0, 0.1) is 11.3 Å². The minimum absolute atomic E-state index is 0.0231. The zero-order chi connectivity index (χ0) is 23.8. The largest absolute Gasteiger partial charge is 0.370 e. The molecule has 0 N–H and O–H groups in total. The molecule has 1 unspecified atom stereocenters. The Morgan fingerprint density at radius 3 is 2.56 bits per heavy atom. The molecule has 1 aromatic carbocycles. The van der Waals surface area contributed by atoms with Crippen LogP contribution >= 0.6 is 0 Å². The van der Waals surface area contributed by atoms with Gasteiger partial charge in [-0.05, 0) is 56.2 Å². The topological polar surface area (TPSA) is 50.3 Å². The lowest BCUT2D eigenvalue weighted by molar-refractivity contribution is 0.0968. The molecular formula is C29H35FN2O2. The highest BCUT2D eigenvalue weighted by Gasteiger charge is 2.65. The van der Waals surface area contributed by atoms with E-state index in [1.807, 2.05) is 24.3 Å². The van der Waals surface area contributed by atoms with E-state index in [9.17, 15) is 14.0 Å². The second kappa shape index (κ2) is 9.24. The number of pyridine rings is 1. The van der Waals surface area contributed by atoms with Crippen LogP contribution in [0.15, 0.2) is 42.7 Å². The number of rotatable bonds is 8. The third-order valence-electron chi connectivity index (χ3n) is 8.68. The minimum Gasteiger partial charge on any atom is -0.370 e. The summed E-state index contributed by atoms with van der Waals surface area (Å²) >= 11 is 0. The van der Waals surface area contributed by atoms with Crippen molar-refractivity contribution in [2.75, 3.05) is 18.0 Å². The van der Waals surface area contributed by atoms with Crippen LogP contribution in [0.5, 0.6) is 0 Å². The Morgan fingerprint density at radius 2 is 1.85 bits per heavy atom. The van der Waals surface area contributed by atoms with Gasteiger partial charge in [0.25, 0.3) is 0 Å². The van der Waals surface area contributed by atoms with Gasteiger partial charge in [0.1, 0.15) is 5.67 Å². The molecule has 1 saturated heterocycles.